The molecule has 2 heterocycles. The van der Waals surface area contributed by atoms with Crippen LogP contribution in [0, 0.1) is 6.92 Å². The summed E-state index contributed by atoms with van der Waals surface area (Å²) in [6, 6.07) is 20.3. The standard InChI is InChI=1S/C38H45N3O5/c1-8-39-36(42)34-33(28-16-17-29-22-41(18-12-15-27(29)20-28)37(43)45-38(5,6)7)35(46-40-34)31-21-30(24(2)3)25(4)19-32(31)44-23-26-13-10-9-11-14-26/h9-11,13-14,16-17,19-21,24H,8,12,15,18,22-23H2,1-7H3,(H,39,42). The molecule has 0 atom stereocenters. The maximum absolute atomic E-state index is 13.4. The van der Waals surface area contributed by atoms with Gasteiger partial charge in [0.25, 0.3) is 5.91 Å². The van der Waals surface area contributed by atoms with E-state index in [1.165, 1.54) is 0 Å². The third-order valence-corrected chi connectivity index (χ3v) is 8.10. The average molecular weight is 624 g/mol. The fourth-order valence-electron chi connectivity index (χ4n) is 5.89. The lowest BCUT2D eigenvalue weighted by Crippen LogP contribution is -2.36. The number of rotatable bonds is 8. The van der Waals surface area contributed by atoms with Crippen LogP contribution in [-0.4, -0.2) is 40.7 Å². The summed E-state index contributed by atoms with van der Waals surface area (Å²) in [6.45, 7) is 15.8. The van der Waals surface area contributed by atoms with Crippen LogP contribution in [-0.2, 0) is 24.3 Å². The van der Waals surface area contributed by atoms with E-state index in [0.29, 0.717) is 43.3 Å². The van der Waals surface area contributed by atoms with Gasteiger partial charge in [-0.25, -0.2) is 4.79 Å². The molecule has 4 aromatic rings. The number of hydrogen-bond donors (Lipinski definition) is 1. The largest absolute Gasteiger partial charge is 0.488 e. The monoisotopic (exact) mass is 623 g/mol. The number of nitrogens with one attached hydrogen (secondary N) is 1. The van der Waals surface area contributed by atoms with Crippen molar-refractivity contribution in [3.63, 3.8) is 0 Å². The van der Waals surface area contributed by atoms with Crippen LogP contribution in [0.3, 0.4) is 0 Å². The number of hydrogen-bond acceptors (Lipinski definition) is 6. The number of amides is 2. The van der Waals surface area contributed by atoms with Crippen molar-refractivity contribution in [3.8, 4) is 28.2 Å². The summed E-state index contributed by atoms with van der Waals surface area (Å²) >= 11 is 0. The molecule has 8 heteroatoms. The summed E-state index contributed by atoms with van der Waals surface area (Å²) in [5, 5.41) is 7.23. The Kier molecular flexibility index (Phi) is 9.85. The molecule has 2 amide bonds. The number of aryl methyl sites for hydroxylation is 2. The van der Waals surface area contributed by atoms with Crippen molar-refractivity contribution < 1.29 is 23.6 Å². The van der Waals surface area contributed by atoms with Crippen LogP contribution in [0.4, 0.5) is 4.79 Å². The second-order valence-electron chi connectivity index (χ2n) is 13.2. The fraction of sp³-hybridized carbons (Fsp3) is 0.395. The topological polar surface area (TPSA) is 93.9 Å². The summed E-state index contributed by atoms with van der Waals surface area (Å²) in [5.41, 5.74) is 7.33. The molecule has 0 fully saturated rings. The molecule has 0 bridgehead atoms. The van der Waals surface area contributed by atoms with E-state index < -0.39 is 5.60 Å². The van der Waals surface area contributed by atoms with E-state index in [2.05, 4.69) is 43.4 Å². The van der Waals surface area contributed by atoms with E-state index in [0.717, 1.165) is 51.8 Å². The van der Waals surface area contributed by atoms with Crippen LogP contribution in [0.15, 0.2) is 65.2 Å². The van der Waals surface area contributed by atoms with E-state index in [9.17, 15) is 9.59 Å². The second-order valence-corrected chi connectivity index (χ2v) is 13.2. The zero-order chi connectivity index (χ0) is 33.0. The fourth-order valence-corrected chi connectivity index (χ4v) is 5.89. The maximum Gasteiger partial charge on any atom is 0.410 e. The van der Waals surface area contributed by atoms with Crippen molar-refractivity contribution in [3.05, 3.63) is 94.2 Å². The van der Waals surface area contributed by atoms with Crippen molar-refractivity contribution in [2.75, 3.05) is 13.1 Å². The molecule has 0 spiro atoms. The maximum atomic E-state index is 13.4. The quantitative estimate of drug-likeness (QED) is 0.212. The summed E-state index contributed by atoms with van der Waals surface area (Å²) in [4.78, 5) is 28.0. The predicted octanol–water partition coefficient (Wildman–Crippen LogP) is 8.45. The molecule has 1 aliphatic heterocycles. The molecule has 8 nitrogen and oxygen atoms in total. The highest BCUT2D eigenvalue weighted by Gasteiger charge is 2.29. The minimum Gasteiger partial charge on any atom is -0.488 e. The highest BCUT2D eigenvalue weighted by atomic mass is 16.6. The second kappa shape index (κ2) is 13.8. The average Bonchev–Trinajstić information content (AvgIpc) is 3.33. The molecule has 1 N–H and O–H groups in total. The smallest absolute Gasteiger partial charge is 0.410 e. The van der Waals surface area contributed by atoms with Gasteiger partial charge in [-0.3, -0.25) is 4.79 Å². The predicted molar refractivity (Wildman–Crippen MR) is 180 cm³/mol. The van der Waals surface area contributed by atoms with E-state index in [1.54, 1.807) is 4.90 Å². The number of aromatic nitrogens is 1. The van der Waals surface area contributed by atoms with Gasteiger partial charge in [0.05, 0.1) is 11.1 Å². The van der Waals surface area contributed by atoms with Crippen LogP contribution >= 0.6 is 0 Å². The molecular weight excluding hydrogens is 578 g/mol. The molecule has 1 aliphatic rings. The first-order valence-corrected chi connectivity index (χ1v) is 16.1. The lowest BCUT2D eigenvalue weighted by atomic mass is 9.90. The van der Waals surface area contributed by atoms with Crippen LogP contribution in [0.5, 0.6) is 5.75 Å². The van der Waals surface area contributed by atoms with Gasteiger partial charge < -0.3 is 24.2 Å². The van der Waals surface area contributed by atoms with Crippen LogP contribution in [0.1, 0.15) is 92.2 Å². The number of nitrogens with zero attached hydrogens (tertiary/aromatic N) is 2. The number of fused-ring (bicyclic) bond motifs is 1. The number of carbonyl (C=O) groups excluding carboxylic acids is 2. The molecule has 0 radical (unpaired) electrons. The summed E-state index contributed by atoms with van der Waals surface area (Å²) < 4.78 is 18.2. The molecule has 1 aromatic heterocycles. The molecule has 242 valence electrons. The Morgan fingerprint density at radius 1 is 1.04 bits per heavy atom. The third-order valence-electron chi connectivity index (χ3n) is 8.10. The third kappa shape index (κ3) is 7.44. The Balaban J connectivity index is 1.60. The van der Waals surface area contributed by atoms with E-state index in [4.69, 9.17) is 14.0 Å². The molecule has 0 saturated carbocycles. The Morgan fingerprint density at radius 3 is 2.50 bits per heavy atom. The highest BCUT2D eigenvalue weighted by Crippen LogP contribution is 2.43. The number of benzene rings is 3. The number of carbonyl (C=O) groups is 2. The van der Waals surface area contributed by atoms with Gasteiger partial charge in [-0.05, 0) is 98.9 Å². The van der Waals surface area contributed by atoms with E-state index in [-0.39, 0.29) is 23.6 Å². The minimum absolute atomic E-state index is 0.224. The van der Waals surface area contributed by atoms with Crippen molar-refractivity contribution >= 4 is 12.0 Å². The van der Waals surface area contributed by atoms with Crippen LogP contribution < -0.4 is 10.1 Å². The lowest BCUT2D eigenvalue weighted by Gasteiger charge is -2.26. The van der Waals surface area contributed by atoms with Gasteiger partial charge in [0.1, 0.15) is 18.0 Å². The summed E-state index contributed by atoms with van der Waals surface area (Å²) in [7, 11) is 0. The van der Waals surface area contributed by atoms with Gasteiger partial charge in [0, 0.05) is 19.6 Å². The molecule has 0 saturated heterocycles. The highest BCUT2D eigenvalue weighted by molar-refractivity contribution is 6.02. The lowest BCUT2D eigenvalue weighted by molar-refractivity contribution is 0.0236. The molecule has 0 unspecified atom stereocenters. The Morgan fingerprint density at radius 2 is 1.80 bits per heavy atom. The molecule has 5 rings (SSSR count). The van der Waals surface area contributed by atoms with Gasteiger partial charge in [-0.2, -0.15) is 0 Å². The van der Waals surface area contributed by atoms with Gasteiger partial charge >= 0.3 is 6.09 Å². The van der Waals surface area contributed by atoms with E-state index >= 15 is 0 Å². The molecule has 3 aromatic carbocycles. The Hall–Kier alpha value is -4.59. The first-order chi connectivity index (χ1) is 21.9. The molecule has 0 aliphatic carbocycles. The minimum atomic E-state index is -0.564. The Labute approximate surface area is 272 Å². The zero-order valence-electron chi connectivity index (χ0n) is 28.0. The van der Waals surface area contributed by atoms with Gasteiger partial charge in [0.2, 0.25) is 0 Å². The first-order valence-electron chi connectivity index (χ1n) is 16.1. The van der Waals surface area contributed by atoms with Gasteiger partial charge in [-0.15, -0.1) is 0 Å². The van der Waals surface area contributed by atoms with Crippen molar-refractivity contribution in [2.45, 2.75) is 86.0 Å². The number of ether oxygens (including phenoxy) is 2. The first kappa shape index (κ1) is 32.8. The normalized spacial score (nSPS) is 13.3. The summed E-state index contributed by atoms with van der Waals surface area (Å²) in [5.74, 6) is 1.10. The summed E-state index contributed by atoms with van der Waals surface area (Å²) in [6.07, 6.45) is 1.27. The molecular formula is C38H45N3O5. The van der Waals surface area contributed by atoms with Crippen molar-refractivity contribution in [1.82, 2.24) is 15.4 Å². The zero-order valence-corrected chi connectivity index (χ0v) is 28.0. The Bertz CT molecular complexity index is 1700. The van der Waals surface area contributed by atoms with Gasteiger partial charge in [0.15, 0.2) is 11.5 Å². The van der Waals surface area contributed by atoms with Crippen LogP contribution in [0.25, 0.3) is 22.5 Å². The van der Waals surface area contributed by atoms with Gasteiger partial charge in [-0.1, -0.05) is 67.5 Å². The van der Waals surface area contributed by atoms with Crippen LogP contribution in [0.2, 0.25) is 0 Å². The van der Waals surface area contributed by atoms with Crippen molar-refractivity contribution in [1.29, 1.82) is 0 Å². The molecule has 46 heavy (non-hydrogen) atoms. The SMILES string of the molecule is CCNC(=O)c1noc(-c2cc(C(C)C)c(C)cc2OCc2ccccc2)c1-c1ccc2c(c1)CCCN(C(=O)OC(C)(C)C)C2. The van der Waals surface area contributed by atoms with Crippen molar-refractivity contribution in [2.24, 2.45) is 0 Å². The van der Waals surface area contributed by atoms with E-state index in [1.807, 2.05) is 76.2 Å².